The van der Waals surface area contributed by atoms with Crippen molar-refractivity contribution in [2.24, 2.45) is 0 Å². The maximum atomic E-state index is 12.8. The summed E-state index contributed by atoms with van der Waals surface area (Å²) >= 11 is 0. The Kier molecular flexibility index (Phi) is 3.10. The lowest BCUT2D eigenvalue weighted by molar-refractivity contribution is 0.486. The lowest BCUT2D eigenvalue weighted by Crippen LogP contribution is -2.11. The van der Waals surface area contributed by atoms with Gasteiger partial charge in [-0.05, 0) is 37.6 Å². The third kappa shape index (κ3) is 2.70. The molecule has 0 saturated carbocycles. The van der Waals surface area contributed by atoms with Gasteiger partial charge in [0.2, 0.25) is 0 Å². The second-order valence-corrected chi connectivity index (χ2v) is 4.70. The van der Waals surface area contributed by atoms with E-state index in [-0.39, 0.29) is 17.3 Å². The van der Waals surface area contributed by atoms with Crippen molar-refractivity contribution in [3.8, 4) is 5.75 Å². The maximum Gasteiger partial charge on any atom is 0.308 e. The van der Waals surface area contributed by atoms with Crippen LogP contribution < -0.4 is 4.18 Å². The van der Waals surface area contributed by atoms with Crippen LogP contribution in [-0.4, -0.2) is 14.2 Å². The van der Waals surface area contributed by atoms with E-state index in [4.69, 9.17) is 4.18 Å². The van der Waals surface area contributed by atoms with E-state index in [9.17, 15) is 12.8 Å². The van der Waals surface area contributed by atoms with Gasteiger partial charge in [-0.3, -0.25) is 0 Å². The van der Waals surface area contributed by atoms with Gasteiger partial charge in [0.05, 0.1) is 5.75 Å². The van der Waals surface area contributed by atoms with Gasteiger partial charge in [-0.15, -0.1) is 0 Å². The molecule has 1 rings (SSSR count). The van der Waals surface area contributed by atoms with Crippen molar-refractivity contribution < 1.29 is 17.0 Å². The summed E-state index contributed by atoms with van der Waals surface area (Å²) in [6.45, 7) is 3.02. The highest BCUT2D eigenvalue weighted by Crippen LogP contribution is 2.17. The molecule has 0 heterocycles. The molecule has 0 spiro atoms. The topological polar surface area (TPSA) is 43.4 Å². The molecule has 0 aliphatic carbocycles. The van der Waals surface area contributed by atoms with Gasteiger partial charge in [0, 0.05) is 0 Å². The predicted molar refractivity (Wildman–Crippen MR) is 51.2 cm³/mol. The molecular weight excluding hydrogens is 207 g/mol. The van der Waals surface area contributed by atoms with Crippen LogP contribution in [0.3, 0.4) is 0 Å². The minimum atomic E-state index is -3.52. The normalized spacial score (nSPS) is 11.4. The average Bonchev–Trinajstić information content (AvgIpc) is 2.11. The highest BCUT2D eigenvalue weighted by atomic mass is 32.2. The molecule has 0 fully saturated rings. The third-order valence-electron chi connectivity index (χ3n) is 1.71. The fourth-order valence-corrected chi connectivity index (χ4v) is 1.39. The molecule has 0 aromatic heterocycles. The fraction of sp³-hybridized carbons (Fsp3) is 0.333. The monoisotopic (exact) mass is 218 g/mol. The Morgan fingerprint density at radius 1 is 1.43 bits per heavy atom. The molecule has 3 nitrogen and oxygen atoms in total. The fourth-order valence-electron chi connectivity index (χ4n) is 0.875. The maximum absolute atomic E-state index is 12.8. The summed E-state index contributed by atoms with van der Waals surface area (Å²) in [5, 5.41) is 0. The summed E-state index contributed by atoms with van der Waals surface area (Å²) in [6.07, 6.45) is 0. The molecule has 0 N–H and O–H groups in total. The number of benzene rings is 1. The summed E-state index contributed by atoms with van der Waals surface area (Å²) in [7, 11) is -3.52. The van der Waals surface area contributed by atoms with Crippen molar-refractivity contribution >= 4 is 10.1 Å². The zero-order valence-electron chi connectivity index (χ0n) is 7.95. The third-order valence-corrected chi connectivity index (χ3v) is 2.86. The Labute approximate surface area is 82.6 Å². The molecule has 1 aromatic carbocycles. The van der Waals surface area contributed by atoms with E-state index in [2.05, 4.69) is 0 Å². The highest BCUT2D eigenvalue weighted by molar-refractivity contribution is 7.87. The average molecular weight is 218 g/mol. The molecule has 14 heavy (non-hydrogen) atoms. The molecule has 0 aliphatic heterocycles. The lowest BCUT2D eigenvalue weighted by atomic mass is 10.2. The van der Waals surface area contributed by atoms with Crippen LogP contribution in [0.2, 0.25) is 0 Å². The first-order valence-electron chi connectivity index (χ1n) is 4.13. The van der Waals surface area contributed by atoms with E-state index in [1.807, 2.05) is 0 Å². The summed E-state index contributed by atoms with van der Waals surface area (Å²) in [5.74, 6) is -0.347. The summed E-state index contributed by atoms with van der Waals surface area (Å²) in [5.41, 5.74) is 0.355. The molecular formula is C9H11FO3S. The molecule has 0 atom stereocenters. The Morgan fingerprint density at radius 2 is 2.07 bits per heavy atom. The van der Waals surface area contributed by atoms with E-state index >= 15 is 0 Å². The van der Waals surface area contributed by atoms with Crippen molar-refractivity contribution in [2.45, 2.75) is 13.8 Å². The van der Waals surface area contributed by atoms with Gasteiger partial charge in [0.25, 0.3) is 0 Å². The van der Waals surface area contributed by atoms with Gasteiger partial charge in [-0.2, -0.15) is 8.42 Å². The van der Waals surface area contributed by atoms with Crippen molar-refractivity contribution in [1.82, 2.24) is 0 Å². The highest BCUT2D eigenvalue weighted by Gasteiger charge is 2.09. The Bertz CT molecular complexity index is 426. The van der Waals surface area contributed by atoms with Gasteiger partial charge in [0.15, 0.2) is 0 Å². The van der Waals surface area contributed by atoms with Gasteiger partial charge in [0.1, 0.15) is 11.6 Å². The second kappa shape index (κ2) is 3.96. The van der Waals surface area contributed by atoms with Crippen LogP contribution in [0.5, 0.6) is 5.75 Å². The number of halogens is 1. The zero-order chi connectivity index (χ0) is 10.8. The quantitative estimate of drug-likeness (QED) is 0.727. The summed E-state index contributed by atoms with van der Waals surface area (Å²) in [6, 6.07) is 3.81. The standard InChI is InChI=1S/C9H11FO3S/c1-3-14(11,12)13-8-4-5-9(10)7(2)6-8/h4-6H,3H2,1-2H3. The second-order valence-electron chi connectivity index (χ2n) is 2.84. The van der Waals surface area contributed by atoms with Crippen LogP contribution in [0, 0.1) is 12.7 Å². The van der Waals surface area contributed by atoms with E-state index < -0.39 is 10.1 Å². The predicted octanol–water partition coefficient (Wildman–Crippen LogP) is 1.86. The minimum Gasteiger partial charge on any atom is -0.382 e. The first kappa shape index (κ1) is 11.0. The van der Waals surface area contributed by atoms with Gasteiger partial charge < -0.3 is 4.18 Å². The lowest BCUT2D eigenvalue weighted by Gasteiger charge is -2.05. The molecule has 0 aliphatic rings. The van der Waals surface area contributed by atoms with Gasteiger partial charge >= 0.3 is 10.1 Å². The van der Waals surface area contributed by atoms with Crippen LogP contribution >= 0.6 is 0 Å². The van der Waals surface area contributed by atoms with Crippen LogP contribution in [0.25, 0.3) is 0 Å². The minimum absolute atomic E-state index is 0.108. The van der Waals surface area contributed by atoms with Gasteiger partial charge in [-0.25, -0.2) is 4.39 Å². The van der Waals surface area contributed by atoms with Crippen molar-refractivity contribution in [3.63, 3.8) is 0 Å². The largest absolute Gasteiger partial charge is 0.382 e. The smallest absolute Gasteiger partial charge is 0.308 e. The van der Waals surface area contributed by atoms with Crippen molar-refractivity contribution in [3.05, 3.63) is 29.6 Å². The molecule has 0 radical (unpaired) electrons. The number of hydrogen-bond donors (Lipinski definition) is 0. The zero-order valence-corrected chi connectivity index (χ0v) is 8.77. The first-order chi connectivity index (χ1) is 6.44. The Morgan fingerprint density at radius 3 is 2.57 bits per heavy atom. The van der Waals surface area contributed by atoms with E-state index in [0.29, 0.717) is 5.56 Å². The summed E-state index contributed by atoms with van der Waals surface area (Å²) in [4.78, 5) is 0. The molecule has 0 saturated heterocycles. The Hall–Kier alpha value is -1.10. The Balaban J connectivity index is 2.94. The molecule has 0 amide bonds. The molecule has 1 aromatic rings. The molecule has 78 valence electrons. The van der Waals surface area contributed by atoms with Crippen molar-refractivity contribution in [2.75, 3.05) is 5.75 Å². The van der Waals surface area contributed by atoms with Gasteiger partial charge in [-0.1, -0.05) is 0 Å². The molecule has 5 heteroatoms. The molecule has 0 unspecified atom stereocenters. The van der Waals surface area contributed by atoms with Crippen LogP contribution in [0.4, 0.5) is 4.39 Å². The van der Waals surface area contributed by atoms with E-state index in [1.165, 1.54) is 25.1 Å². The van der Waals surface area contributed by atoms with Crippen LogP contribution in [-0.2, 0) is 10.1 Å². The SMILES string of the molecule is CCS(=O)(=O)Oc1ccc(F)c(C)c1. The summed E-state index contributed by atoms with van der Waals surface area (Å²) < 4.78 is 39.6. The van der Waals surface area contributed by atoms with Crippen molar-refractivity contribution in [1.29, 1.82) is 0 Å². The number of rotatable bonds is 3. The first-order valence-corrected chi connectivity index (χ1v) is 5.70. The van der Waals surface area contributed by atoms with E-state index in [0.717, 1.165) is 0 Å². The number of aryl methyl sites for hydroxylation is 1. The van der Waals surface area contributed by atoms with Crippen LogP contribution in [0.15, 0.2) is 18.2 Å². The van der Waals surface area contributed by atoms with E-state index in [1.54, 1.807) is 6.92 Å². The molecule has 0 bridgehead atoms. The van der Waals surface area contributed by atoms with Crippen LogP contribution in [0.1, 0.15) is 12.5 Å². The number of hydrogen-bond acceptors (Lipinski definition) is 3.